The first kappa shape index (κ1) is 15.8. The molecule has 1 aromatic heterocycles. The van der Waals surface area contributed by atoms with E-state index in [1.807, 2.05) is 20.9 Å². The lowest BCUT2D eigenvalue weighted by Gasteiger charge is -2.23. The summed E-state index contributed by atoms with van der Waals surface area (Å²) in [6.07, 6.45) is 1.12. The number of rotatable bonds is 2. The number of aromatic nitrogens is 2. The van der Waals surface area contributed by atoms with Crippen molar-refractivity contribution in [3.8, 4) is 0 Å². The fourth-order valence-corrected chi connectivity index (χ4v) is 4.07. The third-order valence-electron chi connectivity index (χ3n) is 5.13. The predicted molar refractivity (Wildman–Crippen MR) is 93.3 cm³/mol. The number of fused-ring (bicyclic) bond motifs is 1. The van der Waals surface area contributed by atoms with Gasteiger partial charge in [-0.3, -0.25) is 9.89 Å². The zero-order chi connectivity index (χ0) is 16.9. The lowest BCUT2D eigenvalue weighted by molar-refractivity contribution is 0.0991. The molecule has 0 aliphatic heterocycles. The van der Waals surface area contributed by atoms with Crippen molar-refractivity contribution >= 4 is 11.6 Å². The SMILES string of the molecule is Cc1n[nH]c(C)c1C(=O)N(C)c1cccc2c1C(C)CC2(C)C. The molecule has 3 rings (SSSR count). The minimum Gasteiger partial charge on any atom is -0.311 e. The van der Waals surface area contributed by atoms with Crippen LogP contribution in [0.3, 0.4) is 0 Å². The maximum atomic E-state index is 13.0. The van der Waals surface area contributed by atoms with Crippen LogP contribution in [0.2, 0.25) is 0 Å². The first-order chi connectivity index (χ1) is 10.7. The molecule has 0 saturated heterocycles. The molecule has 1 unspecified atom stereocenters. The maximum Gasteiger partial charge on any atom is 0.261 e. The standard InChI is InChI=1S/C19H25N3O/c1-11-10-19(4,5)14-8-7-9-15(16(11)14)22(6)18(23)17-12(2)20-21-13(17)3/h7-9,11H,10H2,1-6H3,(H,20,21). The van der Waals surface area contributed by atoms with Crippen LogP contribution >= 0.6 is 0 Å². The van der Waals surface area contributed by atoms with E-state index in [2.05, 4.69) is 49.2 Å². The summed E-state index contributed by atoms with van der Waals surface area (Å²) >= 11 is 0. The molecule has 0 spiro atoms. The topological polar surface area (TPSA) is 49.0 Å². The van der Waals surface area contributed by atoms with Crippen LogP contribution in [0.1, 0.15) is 66.0 Å². The number of aromatic amines is 1. The van der Waals surface area contributed by atoms with E-state index in [-0.39, 0.29) is 11.3 Å². The summed E-state index contributed by atoms with van der Waals surface area (Å²) in [5, 5.41) is 7.05. The Morgan fingerprint density at radius 2 is 2.04 bits per heavy atom. The van der Waals surface area contributed by atoms with Crippen molar-refractivity contribution in [2.45, 2.75) is 52.4 Å². The molecule has 4 nitrogen and oxygen atoms in total. The number of carbonyl (C=O) groups is 1. The van der Waals surface area contributed by atoms with Gasteiger partial charge in [0, 0.05) is 18.4 Å². The van der Waals surface area contributed by atoms with Crippen molar-refractivity contribution in [3.63, 3.8) is 0 Å². The fraction of sp³-hybridized carbons (Fsp3) is 0.474. The van der Waals surface area contributed by atoms with E-state index in [0.29, 0.717) is 11.5 Å². The van der Waals surface area contributed by atoms with E-state index in [4.69, 9.17) is 0 Å². The molecule has 2 aromatic rings. The van der Waals surface area contributed by atoms with Crippen molar-refractivity contribution in [2.75, 3.05) is 11.9 Å². The molecule has 1 atom stereocenters. The number of hydrogen-bond donors (Lipinski definition) is 1. The van der Waals surface area contributed by atoms with Crippen molar-refractivity contribution in [2.24, 2.45) is 0 Å². The molecule has 1 amide bonds. The van der Waals surface area contributed by atoms with Crippen LogP contribution in [0, 0.1) is 13.8 Å². The minimum atomic E-state index is -0.000874. The largest absolute Gasteiger partial charge is 0.311 e. The average molecular weight is 311 g/mol. The minimum absolute atomic E-state index is 0.000874. The monoisotopic (exact) mass is 311 g/mol. The van der Waals surface area contributed by atoms with Crippen LogP contribution in [0.15, 0.2) is 18.2 Å². The Morgan fingerprint density at radius 1 is 1.35 bits per heavy atom. The highest BCUT2D eigenvalue weighted by Gasteiger charge is 2.37. The molecular weight excluding hydrogens is 286 g/mol. The molecule has 0 bridgehead atoms. The second-order valence-electron chi connectivity index (χ2n) is 7.40. The van der Waals surface area contributed by atoms with Gasteiger partial charge in [-0.15, -0.1) is 0 Å². The molecule has 4 heteroatoms. The quantitative estimate of drug-likeness (QED) is 0.908. The molecule has 1 N–H and O–H groups in total. The second-order valence-corrected chi connectivity index (χ2v) is 7.40. The van der Waals surface area contributed by atoms with Gasteiger partial charge in [0.05, 0.1) is 11.3 Å². The highest BCUT2D eigenvalue weighted by Crippen LogP contribution is 2.49. The number of nitrogens with one attached hydrogen (secondary N) is 1. The highest BCUT2D eigenvalue weighted by molar-refractivity contribution is 6.07. The third kappa shape index (κ3) is 2.37. The average Bonchev–Trinajstić information content (AvgIpc) is 2.94. The van der Waals surface area contributed by atoms with Gasteiger partial charge in [-0.2, -0.15) is 5.10 Å². The van der Waals surface area contributed by atoms with Crippen LogP contribution in [0.4, 0.5) is 5.69 Å². The van der Waals surface area contributed by atoms with E-state index in [0.717, 1.165) is 23.5 Å². The summed E-state index contributed by atoms with van der Waals surface area (Å²) in [6, 6.07) is 6.32. The number of aryl methyl sites for hydroxylation is 2. The van der Waals surface area contributed by atoms with E-state index in [1.54, 1.807) is 4.90 Å². The maximum absolute atomic E-state index is 13.0. The van der Waals surface area contributed by atoms with Crippen molar-refractivity contribution in [1.82, 2.24) is 10.2 Å². The molecule has 0 radical (unpaired) electrons. The fourth-order valence-electron chi connectivity index (χ4n) is 4.07. The third-order valence-corrected chi connectivity index (χ3v) is 5.13. The molecule has 1 heterocycles. The first-order valence-electron chi connectivity index (χ1n) is 8.17. The zero-order valence-electron chi connectivity index (χ0n) is 14.8. The number of H-pyrrole nitrogens is 1. The van der Waals surface area contributed by atoms with Crippen molar-refractivity contribution in [1.29, 1.82) is 0 Å². The summed E-state index contributed by atoms with van der Waals surface area (Å²) in [7, 11) is 1.86. The number of anilines is 1. The summed E-state index contributed by atoms with van der Waals surface area (Å²) in [6.45, 7) is 10.6. The van der Waals surface area contributed by atoms with E-state index >= 15 is 0 Å². The van der Waals surface area contributed by atoms with Gasteiger partial charge in [0.1, 0.15) is 0 Å². The Bertz CT molecular complexity index is 753. The lowest BCUT2D eigenvalue weighted by Crippen LogP contribution is -2.28. The summed E-state index contributed by atoms with van der Waals surface area (Å²) < 4.78 is 0. The van der Waals surface area contributed by atoms with Gasteiger partial charge in [0.15, 0.2) is 0 Å². The number of hydrogen-bond acceptors (Lipinski definition) is 2. The molecule has 23 heavy (non-hydrogen) atoms. The normalized spacial score (nSPS) is 18.8. The molecular formula is C19H25N3O. The van der Waals surface area contributed by atoms with Gasteiger partial charge in [-0.1, -0.05) is 32.9 Å². The second kappa shape index (κ2) is 5.22. The molecule has 0 saturated carbocycles. The van der Waals surface area contributed by atoms with Gasteiger partial charge in [0.2, 0.25) is 0 Å². The van der Waals surface area contributed by atoms with Crippen LogP contribution in [-0.4, -0.2) is 23.2 Å². The smallest absolute Gasteiger partial charge is 0.261 e. The Morgan fingerprint density at radius 3 is 2.65 bits per heavy atom. The molecule has 1 aliphatic rings. The van der Waals surface area contributed by atoms with Crippen LogP contribution in [0.5, 0.6) is 0 Å². The number of nitrogens with zero attached hydrogens (tertiary/aromatic N) is 2. The lowest BCUT2D eigenvalue weighted by atomic mass is 9.86. The van der Waals surface area contributed by atoms with Crippen LogP contribution < -0.4 is 4.90 Å². The Labute approximate surface area is 137 Å². The van der Waals surface area contributed by atoms with E-state index < -0.39 is 0 Å². The molecule has 1 aromatic carbocycles. The van der Waals surface area contributed by atoms with Gasteiger partial charge < -0.3 is 4.90 Å². The van der Waals surface area contributed by atoms with Crippen LogP contribution in [0.25, 0.3) is 0 Å². The van der Waals surface area contributed by atoms with Gasteiger partial charge >= 0.3 is 0 Å². The summed E-state index contributed by atoms with van der Waals surface area (Å²) in [5.74, 6) is 0.456. The van der Waals surface area contributed by atoms with Crippen molar-refractivity contribution in [3.05, 3.63) is 46.3 Å². The van der Waals surface area contributed by atoms with E-state index in [1.165, 1.54) is 11.1 Å². The predicted octanol–water partition coefficient (Wildman–Crippen LogP) is 4.09. The molecule has 1 aliphatic carbocycles. The summed E-state index contributed by atoms with van der Waals surface area (Å²) in [4.78, 5) is 14.8. The van der Waals surface area contributed by atoms with Gasteiger partial charge in [0.25, 0.3) is 5.91 Å². The van der Waals surface area contributed by atoms with Gasteiger partial charge in [-0.05, 0) is 48.8 Å². The first-order valence-corrected chi connectivity index (χ1v) is 8.17. The number of carbonyl (C=O) groups excluding carboxylic acids is 1. The van der Waals surface area contributed by atoms with Gasteiger partial charge in [-0.25, -0.2) is 0 Å². The highest BCUT2D eigenvalue weighted by atomic mass is 16.2. The number of benzene rings is 1. The Hall–Kier alpha value is -2.10. The van der Waals surface area contributed by atoms with E-state index in [9.17, 15) is 4.79 Å². The Kier molecular flexibility index (Phi) is 3.58. The van der Waals surface area contributed by atoms with Crippen molar-refractivity contribution < 1.29 is 4.79 Å². The summed E-state index contributed by atoms with van der Waals surface area (Å²) in [5.41, 5.74) is 6.10. The molecule has 0 fully saturated rings. The molecule has 122 valence electrons. The zero-order valence-corrected chi connectivity index (χ0v) is 14.8. The Balaban J connectivity index is 2.07. The number of amides is 1. The van der Waals surface area contributed by atoms with Crippen LogP contribution in [-0.2, 0) is 5.41 Å².